The van der Waals surface area contributed by atoms with Crippen LogP contribution in [0.5, 0.6) is 0 Å². The number of benzene rings is 1. The van der Waals surface area contributed by atoms with E-state index < -0.39 is 17.7 Å². The molecule has 0 radical (unpaired) electrons. The van der Waals surface area contributed by atoms with Crippen LogP contribution in [0.1, 0.15) is 45.6 Å². The lowest BCUT2D eigenvalue weighted by Gasteiger charge is -2.40. The fourth-order valence-corrected chi connectivity index (χ4v) is 3.13. The first-order valence-electron chi connectivity index (χ1n) is 8.70. The van der Waals surface area contributed by atoms with Gasteiger partial charge in [-0.3, -0.25) is 5.43 Å². The van der Waals surface area contributed by atoms with Crippen LogP contribution in [0.15, 0.2) is 29.4 Å². The lowest BCUT2D eigenvalue weighted by atomic mass is 9.97. The number of likely N-dealkylation sites (tertiary alicyclic amines) is 1. The minimum atomic E-state index is -4.44. The lowest BCUT2D eigenvalue weighted by Crippen LogP contribution is -2.51. The van der Waals surface area contributed by atoms with Crippen LogP contribution in [0, 0.1) is 0 Å². The molecule has 8 heteroatoms. The normalized spacial score (nSPS) is 21.5. The van der Waals surface area contributed by atoms with Gasteiger partial charge in [0.2, 0.25) is 5.84 Å². The third kappa shape index (κ3) is 4.89. The highest BCUT2D eigenvalue weighted by Gasteiger charge is 2.33. The molecule has 0 saturated carbocycles. The Morgan fingerprint density at radius 3 is 2.54 bits per heavy atom. The maximum absolute atomic E-state index is 12.8. The summed E-state index contributed by atoms with van der Waals surface area (Å²) in [5.41, 5.74) is 1.95. The van der Waals surface area contributed by atoms with Crippen LogP contribution < -0.4 is 5.43 Å². The van der Waals surface area contributed by atoms with Gasteiger partial charge in [-0.1, -0.05) is 6.07 Å². The van der Waals surface area contributed by atoms with Crippen molar-refractivity contribution in [2.45, 2.75) is 58.3 Å². The van der Waals surface area contributed by atoms with Crippen molar-refractivity contribution < 1.29 is 22.7 Å². The summed E-state index contributed by atoms with van der Waals surface area (Å²) in [6, 6.07) is 4.86. The molecule has 5 nitrogen and oxygen atoms in total. The number of nitrogens with one attached hydrogen (secondary N) is 1. The molecule has 144 valence electrons. The maximum Gasteiger partial charge on any atom is 0.416 e. The number of halogens is 3. The molecule has 26 heavy (non-hydrogen) atoms. The summed E-state index contributed by atoms with van der Waals surface area (Å²) in [5, 5.41) is 4.11. The van der Waals surface area contributed by atoms with Gasteiger partial charge >= 0.3 is 12.1 Å². The van der Waals surface area contributed by atoms with E-state index >= 15 is 0 Å². The monoisotopic (exact) mass is 371 g/mol. The van der Waals surface area contributed by atoms with E-state index in [4.69, 9.17) is 4.74 Å². The van der Waals surface area contributed by atoms with Crippen LogP contribution in [0.4, 0.5) is 18.9 Å². The molecular formula is C18H24F3N3O2. The van der Waals surface area contributed by atoms with Gasteiger partial charge in [-0.05, 0) is 58.2 Å². The number of hydrogen-bond donors (Lipinski definition) is 1. The van der Waals surface area contributed by atoms with E-state index in [1.54, 1.807) is 6.92 Å². The Bertz CT molecular complexity index is 651. The molecule has 2 rings (SSSR count). The summed E-state index contributed by atoms with van der Waals surface area (Å²) >= 11 is 0. The second-order valence-corrected chi connectivity index (χ2v) is 6.38. The van der Waals surface area contributed by atoms with Gasteiger partial charge in [-0.2, -0.15) is 13.2 Å². The summed E-state index contributed by atoms with van der Waals surface area (Å²) in [5.74, 6) is -0.503. The lowest BCUT2D eigenvalue weighted by molar-refractivity contribution is -0.138. The Morgan fingerprint density at radius 2 is 1.96 bits per heavy atom. The number of hydrazone groups is 1. The molecule has 1 aromatic rings. The van der Waals surface area contributed by atoms with E-state index in [0.29, 0.717) is 0 Å². The second kappa shape index (κ2) is 8.42. The number of ether oxygens (including phenoxy) is 1. The molecule has 0 aliphatic carbocycles. The van der Waals surface area contributed by atoms with Crippen LogP contribution in [0.2, 0.25) is 0 Å². The molecule has 1 N–H and O–H groups in total. The van der Waals surface area contributed by atoms with Crippen molar-refractivity contribution in [3.63, 3.8) is 0 Å². The van der Waals surface area contributed by atoms with Crippen LogP contribution in [0.25, 0.3) is 0 Å². The first kappa shape index (κ1) is 20.1. The van der Waals surface area contributed by atoms with Gasteiger partial charge in [0.15, 0.2) is 0 Å². The standard InChI is InChI=1S/C18H24F3N3O2/c1-4-26-17(25)16(24-12(2)7-5-8-13(24)3)23-22-15-10-6-9-14(11-15)18(19,20)21/h6,9-13,22H,4-5,7-8H2,1-3H3/b23-16-/t12-,13-/m0/s1. The Labute approximate surface area is 151 Å². The summed E-state index contributed by atoms with van der Waals surface area (Å²) < 4.78 is 43.6. The average molecular weight is 371 g/mol. The zero-order valence-corrected chi connectivity index (χ0v) is 15.1. The third-order valence-corrected chi connectivity index (χ3v) is 4.38. The topological polar surface area (TPSA) is 53.9 Å². The number of carbonyl (C=O) groups excluding carboxylic acids is 1. The minimum absolute atomic E-state index is 0.0870. The SMILES string of the molecule is CCOC(=O)/C(=N/Nc1cccc(C(F)(F)F)c1)N1[C@@H](C)CCC[C@@H]1C. The van der Waals surface area contributed by atoms with Crippen molar-refractivity contribution in [1.82, 2.24) is 4.90 Å². The van der Waals surface area contributed by atoms with Gasteiger partial charge in [0.1, 0.15) is 0 Å². The minimum Gasteiger partial charge on any atom is -0.460 e. The average Bonchev–Trinajstić information content (AvgIpc) is 2.57. The van der Waals surface area contributed by atoms with Crippen molar-refractivity contribution in [1.29, 1.82) is 0 Å². The number of carbonyl (C=O) groups is 1. The van der Waals surface area contributed by atoms with Gasteiger partial charge in [-0.15, -0.1) is 5.10 Å². The van der Waals surface area contributed by atoms with Gasteiger partial charge in [0, 0.05) is 12.1 Å². The van der Waals surface area contributed by atoms with Crippen LogP contribution >= 0.6 is 0 Å². The smallest absolute Gasteiger partial charge is 0.416 e. The molecule has 1 aliphatic heterocycles. The summed E-state index contributed by atoms with van der Waals surface area (Å²) in [6.07, 6.45) is -1.57. The molecule has 2 atom stereocenters. The zero-order valence-electron chi connectivity index (χ0n) is 15.1. The molecule has 1 heterocycles. The summed E-state index contributed by atoms with van der Waals surface area (Å²) in [7, 11) is 0. The van der Waals surface area contributed by atoms with Gasteiger partial charge in [0.25, 0.3) is 0 Å². The molecule has 1 aromatic carbocycles. The van der Waals surface area contributed by atoms with Gasteiger partial charge in [-0.25, -0.2) is 4.79 Å². The number of piperidine rings is 1. The van der Waals surface area contributed by atoms with Gasteiger partial charge < -0.3 is 9.64 Å². The van der Waals surface area contributed by atoms with Crippen molar-refractivity contribution >= 4 is 17.5 Å². The quantitative estimate of drug-likeness (QED) is 0.373. The number of alkyl halides is 3. The summed E-state index contributed by atoms with van der Waals surface area (Å²) in [6.45, 7) is 5.88. The molecule has 0 bridgehead atoms. The first-order chi connectivity index (χ1) is 12.2. The number of amidine groups is 1. The van der Waals surface area contributed by atoms with Crippen molar-refractivity contribution in [3.05, 3.63) is 29.8 Å². The molecule has 0 unspecified atom stereocenters. The number of hydrogen-bond acceptors (Lipinski definition) is 4. The van der Waals surface area contributed by atoms with Crippen molar-refractivity contribution in [2.75, 3.05) is 12.0 Å². The Balaban J connectivity index is 2.29. The Hall–Kier alpha value is -2.25. The molecule has 0 spiro atoms. The van der Waals surface area contributed by atoms with Crippen LogP contribution in [0.3, 0.4) is 0 Å². The molecule has 0 amide bonds. The number of rotatable bonds is 3. The predicted molar refractivity (Wildman–Crippen MR) is 93.7 cm³/mol. The highest BCUT2D eigenvalue weighted by atomic mass is 19.4. The van der Waals surface area contributed by atoms with E-state index in [1.807, 2.05) is 18.7 Å². The van der Waals surface area contributed by atoms with Crippen LogP contribution in [-0.2, 0) is 15.7 Å². The Kier molecular flexibility index (Phi) is 6.50. The fraction of sp³-hybridized carbons (Fsp3) is 0.556. The van der Waals surface area contributed by atoms with E-state index in [1.165, 1.54) is 12.1 Å². The predicted octanol–water partition coefficient (Wildman–Crippen LogP) is 4.26. The molecular weight excluding hydrogens is 347 g/mol. The van der Waals surface area contributed by atoms with E-state index in [2.05, 4.69) is 10.5 Å². The van der Waals surface area contributed by atoms with Gasteiger partial charge in [0.05, 0.1) is 17.9 Å². The van der Waals surface area contributed by atoms with E-state index in [-0.39, 0.29) is 30.2 Å². The largest absolute Gasteiger partial charge is 0.460 e. The molecule has 1 fully saturated rings. The fourth-order valence-electron chi connectivity index (χ4n) is 3.13. The first-order valence-corrected chi connectivity index (χ1v) is 8.70. The van der Waals surface area contributed by atoms with Crippen molar-refractivity contribution in [2.24, 2.45) is 5.10 Å². The highest BCUT2D eigenvalue weighted by Crippen LogP contribution is 2.30. The maximum atomic E-state index is 12.8. The molecule has 1 aliphatic rings. The number of nitrogens with zero attached hydrogens (tertiary/aromatic N) is 2. The zero-order chi connectivity index (χ0) is 19.3. The number of anilines is 1. The molecule has 0 aromatic heterocycles. The molecule has 1 saturated heterocycles. The third-order valence-electron chi connectivity index (χ3n) is 4.38. The van der Waals surface area contributed by atoms with Crippen LogP contribution in [-0.4, -0.2) is 35.4 Å². The van der Waals surface area contributed by atoms with Crippen molar-refractivity contribution in [3.8, 4) is 0 Å². The van der Waals surface area contributed by atoms with E-state index in [0.717, 1.165) is 31.4 Å². The van der Waals surface area contributed by atoms with E-state index in [9.17, 15) is 18.0 Å². The second-order valence-electron chi connectivity index (χ2n) is 6.38. The highest BCUT2D eigenvalue weighted by molar-refractivity contribution is 6.35. The summed E-state index contributed by atoms with van der Waals surface area (Å²) in [4.78, 5) is 14.2. The Morgan fingerprint density at radius 1 is 1.31 bits per heavy atom. The number of esters is 1.